The van der Waals surface area contributed by atoms with E-state index in [9.17, 15) is 4.79 Å². The molecule has 0 saturated heterocycles. The first-order chi connectivity index (χ1) is 11.8. The summed E-state index contributed by atoms with van der Waals surface area (Å²) in [7, 11) is 0. The summed E-state index contributed by atoms with van der Waals surface area (Å²) in [4.78, 5) is 19.4. The Morgan fingerprint density at radius 2 is 1.62 bits per heavy atom. The van der Waals surface area contributed by atoms with E-state index in [-0.39, 0.29) is 5.69 Å². The number of nitrogens with zero attached hydrogens (tertiary/aromatic N) is 1. The van der Waals surface area contributed by atoms with Crippen LogP contribution in [0.1, 0.15) is 29.7 Å². The predicted molar refractivity (Wildman–Crippen MR) is 97.5 cm³/mol. The van der Waals surface area contributed by atoms with Gasteiger partial charge in [0, 0.05) is 5.56 Å². The minimum Gasteiger partial charge on any atom is -0.305 e. The van der Waals surface area contributed by atoms with Crippen LogP contribution in [0, 0.1) is 0 Å². The number of aromatic amines is 1. The highest BCUT2D eigenvalue weighted by Crippen LogP contribution is 2.34. The van der Waals surface area contributed by atoms with E-state index in [1.807, 2.05) is 48.5 Å². The standard InChI is InChI=1S/C21H18N2O/c24-21-22-19(16-10-5-2-6-11-16)18-13-7-12-17(20(18)23-21)14-15-8-3-1-4-9-15/h1-6,8-11,14H,7,12-13H2,(H,22,23,24). The van der Waals surface area contributed by atoms with Crippen molar-refractivity contribution in [2.45, 2.75) is 19.3 Å². The summed E-state index contributed by atoms with van der Waals surface area (Å²) in [6.45, 7) is 0. The molecule has 3 heteroatoms. The van der Waals surface area contributed by atoms with Crippen molar-refractivity contribution in [3.63, 3.8) is 0 Å². The third-order valence-electron chi connectivity index (χ3n) is 4.41. The molecule has 2 aromatic carbocycles. The summed E-state index contributed by atoms with van der Waals surface area (Å²) >= 11 is 0. The summed E-state index contributed by atoms with van der Waals surface area (Å²) in [5.41, 5.74) is 5.95. The maximum Gasteiger partial charge on any atom is 0.345 e. The highest BCUT2D eigenvalue weighted by Gasteiger charge is 2.20. The van der Waals surface area contributed by atoms with Gasteiger partial charge >= 0.3 is 5.69 Å². The molecule has 0 bridgehead atoms. The zero-order valence-corrected chi connectivity index (χ0v) is 13.3. The lowest BCUT2D eigenvalue weighted by Crippen LogP contribution is -2.19. The van der Waals surface area contributed by atoms with Crippen LogP contribution in [0.25, 0.3) is 22.9 Å². The maximum absolute atomic E-state index is 12.1. The molecule has 0 radical (unpaired) electrons. The van der Waals surface area contributed by atoms with Crippen molar-refractivity contribution in [2.75, 3.05) is 0 Å². The van der Waals surface area contributed by atoms with Crippen molar-refractivity contribution in [2.24, 2.45) is 0 Å². The monoisotopic (exact) mass is 314 g/mol. The molecule has 0 amide bonds. The zero-order chi connectivity index (χ0) is 16.4. The molecule has 3 aromatic rings. The molecule has 0 atom stereocenters. The normalized spacial score (nSPS) is 15.2. The fraction of sp³-hybridized carbons (Fsp3) is 0.143. The maximum atomic E-state index is 12.1. The molecular weight excluding hydrogens is 296 g/mol. The average Bonchev–Trinajstić information content (AvgIpc) is 2.63. The van der Waals surface area contributed by atoms with Crippen molar-refractivity contribution in [3.05, 3.63) is 88.0 Å². The van der Waals surface area contributed by atoms with Gasteiger partial charge in [-0.15, -0.1) is 0 Å². The second-order valence-electron chi connectivity index (χ2n) is 6.04. The van der Waals surface area contributed by atoms with E-state index in [0.717, 1.165) is 52.9 Å². The minimum atomic E-state index is -0.284. The highest BCUT2D eigenvalue weighted by atomic mass is 16.1. The van der Waals surface area contributed by atoms with Gasteiger partial charge in [-0.3, -0.25) is 0 Å². The van der Waals surface area contributed by atoms with Gasteiger partial charge in [-0.1, -0.05) is 60.7 Å². The van der Waals surface area contributed by atoms with Crippen molar-refractivity contribution >= 4 is 11.6 Å². The van der Waals surface area contributed by atoms with E-state index >= 15 is 0 Å². The molecule has 1 N–H and O–H groups in total. The predicted octanol–water partition coefficient (Wildman–Crippen LogP) is 4.31. The third-order valence-corrected chi connectivity index (χ3v) is 4.41. The molecule has 24 heavy (non-hydrogen) atoms. The summed E-state index contributed by atoms with van der Waals surface area (Å²) in [5, 5.41) is 0. The van der Waals surface area contributed by atoms with Crippen LogP contribution in [0.15, 0.2) is 65.5 Å². The Bertz CT molecular complexity index is 941. The van der Waals surface area contributed by atoms with Gasteiger partial charge in [0.25, 0.3) is 0 Å². The molecule has 0 unspecified atom stereocenters. The lowest BCUT2D eigenvalue weighted by Gasteiger charge is -2.20. The summed E-state index contributed by atoms with van der Waals surface area (Å²) in [6, 6.07) is 20.2. The molecule has 0 aliphatic heterocycles. The Hall–Kier alpha value is -2.94. The number of hydrogen-bond donors (Lipinski definition) is 1. The quantitative estimate of drug-likeness (QED) is 0.766. The van der Waals surface area contributed by atoms with Crippen LogP contribution >= 0.6 is 0 Å². The Labute approximate surface area is 140 Å². The van der Waals surface area contributed by atoms with Crippen LogP contribution in [0.5, 0.6) is 0 Å². The van der Waals surface area contributed by atoms with Crippen LogP contribution in [-0.4, -0.2) is 9.97 Å². The SMILES string of the molecule is O=c1nc2c(c(-c3ccccc3)[nH]1)CCCC2=Cc1ccccc1. The van der Waals surface area contributed by atoms with Crippen molar-refractivity contribution in [1.29, 1.82) is 0 Å². The molecular formula is C21H18N2O. The van der Waals surface area contributed by atoms with Gasteiger partial charge in [0.15, 0.2) is 0 Å². The molecule has 1 aromatic heterocycles. The number of benzene rings is 2. The number of fused-ring (bicyclic) bond motifs is 1. The third kappa shape index (κ3) is 2.81. The van der Waals surface area contributed by atoms with Crippen LogP contribution in [0.4, 0.5) is 0 Å². The molecule has 0 saturated carbocycles. The van der Waals surface area contributed by atoms with Crippen molar-refractivity contribution < 1.29 is 0 Å². The summed E-state index contributed by atoms with van der Waals surface area (Å²) < 4.78 is 0. The Morgan fingerprint density at radius 3 is 2.38 bits per heavy atom. The topological polar surface area (TPSA) is 45.8 Å². The fourth-order valence-electron chi connectivity index (χ4n) is 3.32. The Kier molecular flexibility index (Phi) is 3.83. The molecule has 0 spiro atoms. The Balaban J connectivity index is 1.89. The first kappa shape index (κ1) is 14.6. The van der Waals surface area contributed by atoms with Gasteiger partial charge in [-0.05, 0) is 42.0 Å². The molecule has 1 aliphatic rings. The van der Waals surface area contributed by atoms with E-state index in [0.29, 0.717) is 0 Å². The molecule has 118 valence electrons. The number of nitrogens with one attached hydrogen (secondary N) is 1. The molecule has 4 rings (SSSR count). The largest absolute Gasteiger partial charge is 0.345 e. The lowest BCUT2D eigenvalue weighted by atomic mass is 9.88. The zero-order valence-electron chi connectivity index (χ0n) is 13.3. The fourth-order valence-corrected chi connectivity index (χ4v) is 3.32. The number of H-pyrrole nitrogens is 1. The van der Waals surface area contributed by atoms with Crippen molar-refractivity contribution in [1.82, 2.24) is 9.97 Å². The van der Waals surface area contributed by atoms with E-state index in [1.165, 1.54) is 0 Å². The van der Waals surface area contributed by atoms with Crippen LogP contribution < -0.4 is 5.69 Å². The van der Waals surface area contributed by atoms with Gasteiger partial charge in [-0.25, -0.2) is 4.79 Å². The average molecular weight is 314 g/mol. The van der Waals surface area contributed by atoms with E-state index < -0.39 is 0 Å². The highest BCUT2D eigenvalue weighted by molar-refractivity contribution is 5.84. The number of allylic oxidation sites excluding steroid dienone is 1. The van der Waals surface area contributed by atoms with Crippen LogP contribution in [0.3, 0.4) is 0 Å². The molecule has 3 nitrogen and oxygen atoms in total. The molecule has 1 heterocycles. The van der Waals surface area contributed by atoms with Gasteiger partial charge < -0.3 is 4.98 Å². The second-order valence-corrected chi connectivity index (χ2v) is 6.04. The lowest BCUT2D eigenvalue weighted by molar-refractivity contribution is 0.798. The number of hydrogen-bond acceptors (Lipinski definition) is 2. The summed E-state index contributed by atoms with van der Waals surface area (Å²) in [5.74, 6) is 0. The van der Waals surface area contributed by atoms with Gasteiger partial charge in [0.05, 0.1) is 11.4 Å². The van der Waals surface area contributed by atoms with E-state index in [4.69, 9.17) is 0 Å². The van der Waals surface area contributed by atoms with Crippen LogP contribution in [-0.2, 0) is 6.42 Å². The van der Waals surface area contributed by atoms with Gasteiger partial charge in [-0.2, -0.15) is 4.98 Å². The molecule has 1 aliphatic carbocycles. The number of aromatic nitrogens is 2. The first-order valence-corrected chi connectivity index (χ1v) is 8.26. The number of rotatable bonds is 2. The van der Waals surface area contributed by atoms with E-state index in [2.05, 4.69) is 28.2 Å². The van der Waals surface area contributed by atoms with Gasteiger partial charge in [0.2, 0.25) is 0 Å². The minimum absolute atomic E-state index is 0.284. The van der Waals surface area contributed by atoms with Crippen LogP contribution in [0.2, 0.25) is 0 Å². The summed E-state index contributed by atoms with van der Waals surface area (Å²) in [6.07, 6.45) is 5.11. The van der Waals surface area contributed by atoms with E-state index in [1.54, 1.807) is 0 Å². The van der Waals surface area contributed by atoms with Crippen molar-refractivity contribution in [3.8, 4) is 11.3 Å². The smallest absolute Gasteiger partial charge is 0.305 e. The Morgan fingerprint density at radius 1 is 0.917 bits per heavy atom. The first-order valence-electron chi connectivity index (χ1n) is 8.26. The second kappa shape index (κ2) is 6.28. The van der Waals surface area contributed by atoms with Gasteiger partial charge in [0.1, 0.15) is 0 Å². The molecule has 0 fully saturated rings.